The lowest BCUT2D eigenvalue weighted by Crippen LogP contribution is -2.29. The van der Waals surface area contributed by atoms with Crippen LogP contribution in [0.15, 0.2) is 72.3 Å². The van der Waals surface area contributed by atoms with Crippen LogP contribution < -0.4 is 14.5 Å². The number of rotatable bonds is 7. The highest BCUT2D eigenvalue weighted by Gasteiger charge is 2.47. The van der Waals surface area contributed by atoms with Crippen LogP contribution in [0.4, 0.5) is 11.4 Å². The highest BCUT2D eigenvalue weighted by Crippen LogP contribution is 2.44. The molecule has 1 atom stereocenters. The molecule has 39 heavy (non-hydrogen) atoms. The van der Waals surface area contributed by atoms with Gasteiger partial charge in [0.25, 0.3) is 11.7 Å². The number of anilines is 2. The smallest absolute Gasteiger partial charge is 0.300 e. The van der Waals surface area contributed by atoms with Crippen molar-refractivity contribution in [3.05, 3.63) is 94.0 Å². The number of benzene rings is 3. The Kier molecular flexibility index (Phi) is 8.07. The summed E-state index contributed by atoms with van der Waals surface area (Å²) in [5, 5.41) is 12.3. The Morgan fingerprint density at radius 1 is 0.974 bits per heavy atom. The molecule has 0 radical (unpaired) electrons. The molecule has 1 aliphatic heterocycles. The summed E-state index contributed by atoms with van der Waals surface area (Å²) in [6.45, 7) is 12.1. The molecule has 1 aliphatic rings. The molecule has 0 bridgehead atoms. The topological polar surface area (TPSA) is 70.1 Å². The molecular weight excluding hydrogens is 512 g/mol. The zero-order valence-electron chi connectivity index (χ0n) is 23.3. The minimum Gasteiger partial charge on any atom is -0.507 e. The van der Waals surface area contributed by atoms with E-state index < -0.39 is 17.7 Å². The van der Waals surface area contributed by atoms with E-state index >= 15 is 0 Å². The molecule has 0 aromatic heterocycles. The lowest BCUT2D eigenvalue weighted by atomic mass is 9.85. The molecule has 4 rings (SSSR count). The maximum atomic E-state index is 13.6. The van der Waals surface area contributed by atoms with Gasteiger partial charge in [0.1, 0.15) is 11.5 Å². The lowest BCUT2D eigenvalue weighted by Gasteiger charge is -2.27. The fourth-order valence-electron chi connectivity index (χ4n) is 4.98. The summed E-state index contributed by atoms with van der Waals surface area (Å²) in [6.07, 6.45) is 0. The monoisotopic (exact) mass is 546 g/mol. The number of ether oxygens (including phenoxy) is 1. The summed E-state index contributed by atoms with van der Waals surface area (Å²) in [5.41, 5.74) is 3.36. The van der Waals surface area contributed by atoms with Crippen molar-refractivity contribution >= 4 is 40.4 Å². The van der Waals surface area contributed by atoms with E-state index in [1.807, 2.05) is 36.4 Å². The number of ketones is 1. The summed E-state index contributed by atoms with van der Waals surface area (Å²) < 4.78 is 5.56. The fourth-order valence-corrected chi connectivity index (χ4v) is 5.10. The van der Waals surface area contributed by atoms with Crippen molar-refractivity contribution < 1.29 is 19.4 Å². The highest BCUT2D eigenvalue weighted by molar-refractivity contribution is 6.51. The first-order valence-electron chi connectivity index (χ1n) is 13.1. The van der Waals surface area contributed by atoms with Gasteiger partial charge in [0.05, 0.1) is 24.3 Å². The van der Waals surface area contributed by atoms with Gasteiger partial charge in [-0.25, -0.2) is 0 Å². The van der Waals surface area contributed by atoms with Crippen LogP contribution in [0.1, 0.15) is 57.4 Å². The van der Waals surface area contributed by atoms with Gasteiger partial charge < -0.3 is 14.7 Å². The van der Waals surface area contributed by atoms with Gasteiger partial charge in [0.2, 0.25) is 0 Å². The van der Waals surface area contributed by atoms with E-state index in [0.717, 1.165) is 24.3 Å². The Morgan fingerprint density at radius 3 is 2.13 bits per heavy atom. The number of hydrogen-bond donors (Lipinski definition) is 1. The van der Waals surface area contributed by atoms with Crippen molar-refractivity contribution in [3.8, 4) is 5.75 Å². The van der Waals surface area contributed by atoms with Crippen LogP contribution >= 0.6 is 11.6 Å². The first-order chi connectivity index (χ1) is 18.5. The Morgan fingerprint density at radius 2 is 1.59 bits per heavy atom. The van der Waals surface area contributed by atoms with E-state index in [-0.39, 0.29) is 16.7 Å². The van der Waals surface area contributed by atoms with Crippen LogP contribution in [0.25, 0.3) is 5.76 Å². The van der Waals surface area contributed by atoms with Gasteiger partial charge in [-0.2, -0.15) is 0 Å². The van der Waals surface area contributed by atoms with Crippen molar-refractivity contribution in [1.82, 2.24) is 0 Å². The fraction of sp³-hybridized carbons (Fsp3) is 0.312. The predicted molar refractivity (Wildman–Crippen MR) is 158 cm³/mol. The number of Topliss-reactive ketones (excluding diaryl/α,β-unsaturated/α-hetero) is 1. The van der Waals surface area contributed by atoms with Gasteiger partial charge in [0.15, 0.2) is 0 Å². The second-order valence-corrected chi connectivity index (χ2v) is 11.0. The standard InChI is InChI=1S/C32H35ClN2O4/c1-7-34(8-2)23-14-9-20(10-15-23)28-27(30(37)31(38)35(28)24-16-12-22(33)13-17-24)29(36)25-19-21(32(3,4)5)11-18-26(25)39-6/h9-19,28,36H,7-8H2,1-6H3/b29-27+. The average molecular weight is 547 g/mol. The van der Waals surface area contributed by atoms with Crippen LogP contribution in [0.3, 0.4) is 0 Å². The zero-order chi connectivity index (χ0) is 28.5. The second-order valence-electron chi connectivity index (χ2n) is 10.6. The first-order valence-corrected chi connectivity index (χ1v) is 13.5. The SMILES string of the molecule is CCN(CC)c1ccc(C2/C(=C(\O)c3cc(C(C)(C)C)ccc3OC)C(=O)C(=O)N2c2ccc(Cl)cc2)cc1. The average Bonchev–Trinajstić information content (AvgIpc) is 3.19. The van der Waals surface area contributed by atoms with Crippen molar-refractivity contribution in [2.75, 3.05) is 30.0 Å². The molecular formula is C32H35ClN2O4. The minimum atomic E-state index is -0.847. The van der Waals surface area contributed by atoms with E-state index in [1.165, 1.54) is 12.0 Å². The van der Waals surface area contributed by atoms with E-state index in [4.69, 9.17) is 16.3 Å². The predicted octanol–water partition coefficient (Wildman–Crippen LogP) is 7.12. The second kappa shape index (κ2) is 11.1. The number of amides is 1. The third-order valence-corrected chi connectivity index (χ3v) is 7.46. The molecule has 1 N–H and O–H groups in total. The maximum Gasteiger partial charge on any atom is 0.300 e. The largest absolute Gasteiger partial charge is 0.507 e. The molecule has 1 saturated heterocycles. The highest BCUT2D eigenvalue weighted by atomic mass is 35.5. The third kappa shape index (κ3) is 5.39. The molecule has 3 aromatic carbocycles. The van der Waals surface area contributed by atoms with Crippen LogP contribution in [-0.2, 0) is 15.0 Å². The molecule has 7 heteroatoms. The summed E-state index contributed by atoms with van der Waals surface area (Å²) >= 11 is 6.12. The van der Waals surface area contributed by atoms with Gasteiger partial charge in [-0.1, -0.05) is 50.6 Å². The number of halogens is 1. The van der Waals surface area contributed by atoms with Gasteiger partial charge >= 0.3 is 0 Å². The number of hydrogen-bond acceptors (Lipinski definition) is 5. The molecule has 1 fully saturated rings. The van der Waals surface area contributed by atoms with Gasteiger partial charge in [0, 0.05) is 29.5 Å². The molecule has 204 valence electrons. The molecule has 0 aliphatic carbocycles. The number of carbonyl (C=O) groups excluding carboxylic acids is 2. The van der Waals surface area contributed by atoms with Crippen LogP contribution in [0.5, 0.6) is 5.75 Å². The maximum absolute atomic E-state index is 13.6. The van der Waals surface area contributed by atoms with Gasteiger partial charge in [-0.15, -0.1) is 0 Å². The van der Waals surface area contributed by atoms with E-state index in [1.54, 1.807) is 30.3 Å². The Balaban J connectivity index is 1.96. The van der Waals surface area contributed by atoms with Crippen molar-refractivity contribution in [1.29, 1.82) is 0 Å². The summed E-state index contributed by atoms with van der Waals surface area (Å²) in [6, 6.07) is 19.2. The zero-order valence-corrected chi connectivity index (χ0v) is 24.0. The quantitative estimate of drug-likeness (QED) is 0.194. The molecule has 1 heterocycles. The van der Waals surface area contributed by atoms with Gasteiger partial charge in [-0.05, 0) is 78.9 Å². The van der Waals surface area contributed by atoms with Gasteiger partial charge in [-0.3, -0.25) is 14.5 Å². The van der Waals surface area contributed by atoms with Crippen LogP contribution in [0, 0.1) is 0 Å². The Bertz CT molecular complexity index is 1400. The number of aliphatic hydroxyl groups excluding tert-OH is 1. The molecule has 1 unspecified atom stereocenters. The molecule has 3 aromatic rings. The first kappa shape index (κ1) is 28.2. The Hall–Kier alpha value is -3.77. The summed E-state index contributed by atoms with van der Waals surface area (Å²) in [7, 11) is 1.51. The summed E-state index contributed by atoms with van der Waals surface area (Å²) in [5.74, 6) is -1.34. The summed E-state index contributed by atoms with van der Waals surface area (Å²) in [4.78, 5) is 30.8. The van der Waals surface area contributed by atoms with Crippen molar-refractivity contribution in [2.45, 2.75) is 46.1 Å². The Labute approximate surface area is 235 Å². The third-order valence-electron chi connectivity index (χ3n) is 7.21. The van der Waals surface area contributed by atoms with Crippen LogP contribution in [0.2, 0.25) is 5.02 Å². The lowest BCUT2D eigenvalue weighted by molar-refractivity contribution is -0.132. The molecule has 1 amide bonds. The number of aliphatic hydroxyl groups is 1. The van der Waals surface area contributed by atoms with Crippen molar-refractivity contribution in [2.24, 2.45) is 0 Å². The molecule has 6 nitrogen and oxygen atoms in total. The van der Waals surface area contributed by atoms with E-state index in [9.17, 15) is 14.7 Å². The van der Waals surface area contributed by atoms with Crippen molar-refractivity contribution in [3.63, 3.8) is 0 Å². The van der Waals surface area contributed by atoms with E-state index in [0.29, 0.717) is 27.6 Å². The number of methoxy groups -OCH3 is 1. The van der Waals surface area contributed by atoms with E-state index in [2.05, 4.69) is 39.5 Å². The minimum absolute atomic E-state index is 0.00917. The van der Waals surface area contributed by atoms with Crippen LogP contribution in [-0.4, -0.2) is 37.0 Å². The molecule has 0 spiro atoms. The number of carbonyl (C=O) groups is 2. The molecule has 0 saturated carbocycles. The number of nitrogens with zero attached hydrogens (tertiary/aromatic N) is 2. The normalized spacial score (nSPS) is 17.0.